The molecule has 1 aliphatic heterocycles. The van der Waals surface area contributed by atoms with Gasteiger partial charge in [-0.25, -0.2) is 4.98 Å². The largest absolute Gasteiger partial charge is 0.351 e. The Hall–Kier alpha value is -1.73. The lowest BCUT2D eigenvalue weighted by molar-refractivity contribution is 0.0946. The molecule has 3 heterocycles. The van der Waals surface area contributed by atoms with Gasteiger partial charge in [0.2, 0.25) is 0 Å². The third-order valence-corrected chi connectivity index (χ3v) is 3.80. The van der Waals surface area contributed by atoms with Crippen LogP contribution in [0, 0.1) is 0 Å². The number of fused-ring (bicyclic) bond motifs is 1. The summed E-state index contributed by atoms with van der Waals surface area (Å²) in [5.41, 5.74) is 3.35. The van der Waals surface area contributed by atoms with Crippen LogP contribution in [0.25, 0.3) is 0 Å². The molecule has 7 heteroatoms. The molecule has 1 amide bonds. The van der Waals surface area contributed by atoms with Crippen LogP contribution in [0.4, 0.5) is 0 Å². The molecule has 0 aromatic carbocycles. The highest BCUT2D eigenvalue weighted by molar-refractivity contribution is 7.07. The summed E-state index contributed by atoms with van der Waals surface area (Å²) < 4.78 is 2.05. The van der Waals surface area contributed by atoms with E-state index in [1.165, 1.54) is 17.0 Å². The lowest BCUT2D eigenvalue weighted by atomic mass is 10.1. The fraction of sp³-hybridized carbons (Fsp3) is 0.417. The van der Waals surface area contributed by atoms with Gasteiger partial charge in [0.25, 0.3) is 5.91 Å². The zero-order valence-corrected chi connectivity index (χ0v) is 11.2. The van der Waals surface area contributed by atoms with E-state index in [0.717, 1.165) is 19.5 Å². The molecule has 19 heavy (non-hydrogen) atoms. The van der Waals surface area contributed by atoms with E-state index in [1.54, 1.807) is 10.9 Å². The maximum atomic E-state index is 11.7. The number of carbonyl (C=O) groups is 1. The SMILES string of the molecule is O=C(NCCC1CNCc2ccnn21)c1cscn1. The summed E-state index contributed by atoms with van der Waals surface area (Å²) in [6, 6.07) is 2.32. The Labute approximate surface area is 114 Å². The van der Waals surface area contributed by atoms with Crippen molar-refractivity contribution in [3.8, 4) is 0 Å². The highest BCUT2D eigenvalue weighted by Crippen LogP contribution is 2.16. The highest BCUT2D eigenvalue weighted by atomic mass is 32.1. The van der Waals surface area contributed by atoms with E-state index >= 15 is 0 Å². The standard InChI is InChI=1S/C12H15N5OS/c18-12(11-7-19-8-15-11)14-3-1-9-5-13-6-10-2-4-16-17(9)10/h2,4,7-9,13H,1,3,5-6H2,(H,14,18). The van der Waals surface area contributed by atoms with Gasteiger partial charge in [-0.05, 0) is 12.5 Å². The number of aromatic nitrogens is 3. The van der Waals surface area contributed by atoms with Crippen LogP contribution >= 0.6 is 11.3 Å². The number of amides is 1. The molecule has 100 valence electrons. The van der Waals surface area contributed by atoms with Crippen molar-refractivity contribution in [2.75, 3.05) is 13.1 Å². The topological polar surface area (TPSA) is 71.8 Å². The smallest absolute Gasteiger partial charge is 0.270 e. The first-order chi connectivity index (χ1) is 9.34. The van der Waals surface area contributed by atoms with Gasteiger partial charge in [-0.15, -0.1) is 11.3 Å². The van der Waals surface area contributed by atoms with E-state index in [9.17, 15) is 4.79 Å². The minimum absolute atomic E-state index is 0.106. The van der Waals surface area contributed by atoms with E-state index in [1.807, 2.05) is 16.9 Å². The minimum Gasteiger partial charge on any atom is -0.351 e. The molecule has 0 spiro atoms. The molecular weight excluding hydrogens is 262 g/mol. The van der Waals surface area contributed by atoms with Gasteiger partial charge in [0.1, 0.15) is 5.69 Å². The second-order valence-corrected chi connectivity index (χ2v) is 5.19. The predicted octanol–water partition coefficient (Wildman–Crippen LogP) is 0.804. The van der Waals surface area contributed by atoms with Gasteiger partial charge in [-0.3, -0.25) is 9.48 Å². The Bertz CT molecular complexity index is 550. The average Bonchev–Trinajstić information content (AvgIpc) is 3.10. The molecular formula is C12H15N5OS. The minimum atomic E-state index is -0.106. The van der Waals surface area contributed by atoms with Gasteiger partial charge in [0.15, 0.2) is 0 Å². The summed E-state index contributed by atoms with van der Waals surface area (Å²) in [6.45, 7) is 2.38. The number of nitrogens with zero attached hydrogens (tertiary/aromatic N) is 3. The first-order valence-corrected chi connectivity index (χ1v) is 7.18. The van der Waals surface area contributed by atoms with Crippen LogP contribution in [0.1, 0.15) is 28.6 Å². The third kappa shape index (κ3) is 2.66. The second kappa shape index (κ2) is 5.50. The molecule has 2 aromatic heterocycles. The van der Waals surface area contributed by atoms with Crippen molar-refractivity contribution in [3.05, 3.63) is 34.5 Å². The van der Waals surface area contributed by atoms with Crippen LogP contribution in [0.2, 0.25) is 0 Å². The normalized spacial score (nSPS) is 18.0. The summed E-state index contributed by atoms with van der Waals surface area (Å²) in [5.74, 6) is -0.106. The van der Waals surface area contributed by atoms with Gasteiger partial charge >= 0.3 is 0 Å². The van der Waals surface area contributed by atoms with Crippen molar-refractivity contribution in [2.24, 2.45) is 0 Å². The molecule has 0 radical (unpaired) electrons. The number of carbonyl (C=O) groups excluding carboxylic acids is 1. The number of thiazole rings is 1. The Morgan fingerprint density at radius 3 is 3.42 bits per heavy atom. The number of nitrogens with one attached hydrogen (secondary N) is 2. The molecule has 0 aliphatic carbocycles. The first kappa shape index (κ1) is 12.3. The van der Waals surface area contributed by atoms with Crippen molar-refractivity contribution < 1.29 is 4.79 Å². The quantitative estimate of drug-likeness (QED) is 0.867. The molecule has 3 rings (SSSR count). The van der Waals surface area contributed by atoms with Crippen LogP contribution < -0.4 is 10.6 Å². The molecule has 2 N–H and O–H groups in total. The lowest BCUT2D eigenvalue weighted by Crippen LogP contribution is -2.36. The second-order valence-electron chi connectivity index (χ2n) is 4.47. The lowest BCUT2D eigenvalue weighted by Gasteiger charge is -2.25. The summed E-state index contributed by atoms with van der Waals surface area (Å²) in [5, 5.41) is 12.3. The Morgan fingerprint density at radius 1 is 1.63 bits per heavy atom. The molecule has 0 bridgehead atoms. The number of rotatable bonds is 4. The van der Waals surface area contributed by atoms with Crippen LogP contribution in [0.15, 0.2) is 23.2 Å². The molecule has 0 saturated carbocycles. The molecule has 1 aliphatic rings. The van der Waals surface area contributed by atoms with Crippen molar-refractivity contribution in [3.63, 3.8) is 0 Å². The zero-order chi connectivity index (χ0) is 13.1. The zero-order valence-electron chi connectivity index (χ0n) is 10.4. The molecule has 1 atom stereocenters. The molecule has 0 fully saturated rings. The Morgan fingerprint density at radius 2 is 2.58 bits per heavy atom. The van der Waals surface area contributed by atoms with E-state index < -0.39 is 0 Å². The maximum absolute atomic E-state index is 11.7. The average molecular weight is 277 g/mol. The molecule has 6 nitrogen and oxygen atoms in total. The summed E-state index contributed by atoms with van der Waals surface area (Å²) in [6.07, 6.45) is 2.68. The summed E-state index contributed by atoms with van der Waals surface area (Å²) in [4.78, 5) is 15.7. The van der Waals surface area contributed by atoms with Gasteiger partial charge in [0, 0.05) is 31.2 Å². The third-order valence-electron chi connectivity index (χ3n) is 3.21. The van der Waals surface area contributed by atoms with Crippen LogP contribution in [-0.4, -0.2) is 33.8 Å². The van der Waals surface area contributed by atoms with Crippen molar-refractivity contribution in [2.45, 2.75) is 19.0 Å². The van der Waals surface area contributed by atoms with E-state index in [2.05, 4.69) is 20.7 Å². The fourth-order valence-corrected chi connectivity index (χ4v) is 2.79. The van der Waals surface area contributed by atoms with Gasteiger partial charge in [-0.2, -0.15) is 5.10 Å². The first-order valence-electron chi connectivity index (χ1n) is 6.24. The number of hydrogen-bond acceptors (Lipinski definition) is 5. The van der Waals surface area contributed by atoms with E-state index in [0.29, 0.717) is 18.3 Å². The maximum Gasteiger partial charge on any atom is 0.270 e. The predicted molar refractivity (Wildman–Crippen MR) is 72.0 cm³/mol. The number of hydrogen-bond donors (Lipinski definition) is 2. The van der Waals surface area contributed by atoms with Crippen molar-refractivity contribution in [1.82, 2.24) is 25.4 Å². The molecule has 1 unspecified atom stereocenters. The Kier molecular flexibility index (Phi) is 3.56. The van der Waals surface area contributed by atoms with E-state index in [-0.39, 0.29) is 5.91 Å². The highest BCUT2D eigenvalue weighted by Gasteiger charge is 2.19. The van der Waals surface area contributed by atoms with Crippen LogP contribution in [0.5, 0.6) is 0 Å². The van der Waals surface area contributed by atoms with Gasteiger partial charge < -0.3 is 10.6 Å². The Balaban J connectivity index is 1.53. The van der Waals surface area contributed by atoms with Crippen molar-refractivity contribution >= 4 is 17.2 Å². The van der Waals surface area contributed by atoms with Crippen LogP contribution in [-0.2, 0) is 6.54 Å². The van der Waals surface area contributed by atoms with Gasteiger partial charge in [-0.1, -0.05) is 0 Å². The molecule has 2 aromatic rings. The summed E-state index contributed by atoms with van der Waals surface area (Å²) >= 11 is 1.43. The summed E-state index contributed by atoms with van der Waals surface area (Å²) in [7, 11) is 0. The van der Waals surface area contributed by atoms with Crippen LogP contribution in [0.3, 0.4) is 0 Å². The van der Waals surface area contributed by atoms with Gasteiger partial charge in [0.05, 0.1) is 17.2 Å². The fourth-order valence-electron chi connectivity index (χ4n) is 2.26. The van der Waals surface area contributed by atoms with Crippen molar-refractivity contribution in [1.29, 1.82) is 0 Å². The van der Waals surface area contributed by atoms with E-state index in [4.69, 9.17) is 0 Å². The molecule has 0 saturated heterocycles. The monoisotopic (exact) mass is 277 g/mol.